The minimum atomic E-state index is -4.14. The van der Waals surface area contributed by atoms with Crippen molar-refractivity contribution in [1.82, 2.24) is 0 Å². The van der Waals surface area contributed by atoms with Gasteiger partial charge >= 0.3 is 57.6 Å². The maximum absolute atomic E-state index is 10.7. The summed E-state index contributed by atoms with van der Waals surface area (Å²) in [7, 11) is 0. The number of hydrogen-bond acceptors (Lipinski definition) is 1. The van der Waals surface area contributed by atoms with Crippen molar-refractivity contribution < 1.29 is 64.6 Å². The Labute approximate surface area is 87.7 Å². The third-order valence-corrected chi connectivity index (χ3v) is 0.491. The zero-order valence-corrected chi connectivity index (χ0v) is 7.69. The summed E-state index contributed by atoms with van der Waals surface area (Å²) in [5, 5.41) is 0. The molecule has 0 nitrogen and oxygen atoms in total. The molecule has 5 heteroatoms. The van der Waals surface area contributed by atoms with Gasteiger partial charge in [-0.15, -0.1) is 0 Å². The van der Waals surface area contributed by atoms with Crippen LogP contribution in [0.25, 0.3) is 0 Å². The molecule has 0 atom stereocenters. The SMILES string of the molecule is FC(F)(F)C[S-].[K+]. The molecule has 0 fully saturated rings. The van der Waals surface area contributed by atoms with E-state index in [1.807, 2.05) is 0 Å². The molecule has 0 aliphatic heterocycles. The molecule has 0 amide bonds. The first-order chi connectivity index (χ1) is 2.56. The van der Waals surface area contributed by atoms with Crippen LogP contribution in [-0.4, -0.2) is 11.9 Å². The average Bonchev–Trinajstić information content (AvgIpc) is 1.35. The summed E-state index contributed by atoms with van der Waals surface area (Å²) >= 11 is 3.66. The molecule has 0 radical (unpaired) electrons. The Morgan fingerprint density at radius 2 is 1.43 bits per heavy atom. The predicted octanol–water partition coefficient (Wildman–Crippen LogP) is -1.90. The van der Waals surface area contributed by atoms with Crippen LogP contribution in [0.1, 0.15) is 0 Å². The fourth-order valence-corrected chi connectivity index (χ4v) is 0. The number of halogens is 3. The van der Waals surface area contributed by atoms with Gasteiger partial charge in [0.25, 0.3) is 0 Å². The molecule has 0 saturated heterocycles. The molecular weight excluding hydrogens is 152 g/mol. The van der Waals surface area contributed by atoms with Crippen molar-refractivity contribution in [1.29, 1.82) is 0 Å². The summed E-state index contributed by atoms with van der Waals surface area (Å²) in [6.45, 7) is 0. The van der Waals surface area contributed by atoms with Crippen LogP contribution in [0.2, 0.25) is 0 Å². The fraction of sp³-hybridized carbons (Fsp3) is 1.00. The summed E-state index contributed by atoms with van der Waals surface area (Å²) in [5.74, 6) is -1.15. The molecule has 38 valence electrons. The molecule has 0 aliphatic rings. The van der Waals surface area contributed by atoms with E-state index in [1.165, 1.54) is 0 Å². The minimum Gasteiger partial charge on any atom is -0.784 e. The standard InChI is InChI=1S/C2H3F3S.K/c3-2(4,5)1-6;/h6H,1H2;/q;+1/p-1. The van der Waals surface area contributed by atoms with E-state index in [4.69, 9.17) is 0 Å². The van der Waals surface area contributed by atoms with Crippen LogP contribution in [0.4, 0.5) is 13.2 Å². The normalized spacial score (nSPS) is 10.3. The first kappa shape index (κ1) is 11.6. The van der Waals surface area contributed by atoms with Crippen molar-refractivity contribution in [3.05, 3.63) is 0 Å². The number of rotatable bonds is 0. The van der Waals surface area contributed by atoms with Crippen LogP contribution in [-0.2, 0) is 12.6 Å². The third kappa shape index (κ3) is 11.4. The van der Waals surface area contributed by atoms with E-state index in [9.17, 15) is 13.2 Å². The Hall–Kier alpha value is 1.78. The van der Waals surface area contributed by atoms with E-state index in [0.29, 0.717) is 0 Å². The molecule has 0 aromatic carbocycles. The van der Waals surface area contributed by atoms with Crippen molar-refractivity contribution in [3.8, 4) is 0 Å². The van der Waals surface area contributed by atoms with Crippen molar-refractivity contribution in [3.63, 3.8) is 0 Å². The number of alkyl halides is 3. The average molecular weight is 154 g/mol. The zero-order chi connectivity index (χ0) is 5.21. The maximum Gasteiger partial charge on any atom is 1.00 e. The Morgan fingerprint density at radius 3 is 1.43 bits per heavy atom. The second-order valence-electron chi connectivity index (χ2n) is 0.760. The van der Waals surface area contributed by atoms with Gasteiger partial charge in [-0.2, -0.15) is 13.2 Å². The van der Waals surface area contributed by atoms with Gasteiger partial charge in [-0.05, 0) is 0 Å². The van der Waals surface area contributed by atoms with Crippen LogP contribution >= 0.6 is 0 Å². The van der Waals surface area contributed by atoms with Gasteiger partial charge in [0, 0.05) is 0 Å². The molecular formula is C2H2F3KS. The Kier molecular flexibility index (Phi) is 7.65. The van der Waals surface area contributed by atoms with E-state index in [-0.39, 0.29) is 51.4 Å². The minimum absolute atomic E-state index is 0. The van der Waals surface area contributed by atoms with E-state index >= 15 is 0 Å². The van der Waals surface area contributed by atoms with E-state index in [0.717, 1.165) is 0 Å². The van der Waals surface area contributed by atoms with Gasteiger partial charge in [-0.25, -0.2) is 0 Å². The molecule has 0 aromatic heterocycles. The van der Waals surface area contributed by atoms with E-state index < -0.39 is 11.9 Å². The quantitative estimate of drug-likeness (QED) is 0.290. The van der Waals surface area contributed by atoms with Gasteiger partial charge < -0.3 is 12.6 Å². The largest absolute Gasteiger partial charge is 1.00 e. The predicted molar refractivity (Wildman–Crippen MR) is 18.3 cm³/mol. The van der Waals surface area contributed by atoms with Crippen LogP contribution in [0.15, 0.2) is 0 Å². The van der Waals surface area contributed by atoms with Crippen LogP contribution in [0.5, 0.6) is 0 Å². The molecule has 0 rings (SSSR count). The van der Waals surface area contributed by atoms with E-state index in [2.05, 4.69) is 12.6 Å². The molecule has 0 N–H and O–H groups in total. The molecule has 7 heavy (non-hydrogen) atoms. The summed E-state index contributed by atoms with van der Waals surface area (Å²) in [6, 6.07) is 0. The summed E-state index contributed by atoms with van der Waals surface area (Å²) in [4.78, 5) is 0. The van der Waals surface area contributed by atoms with Gasteiger partial charge in [0.2, 0.25) is 0 Å². The van der Waals surface area contributed by atoms with Crippen LogP contribution in [0.3, 0.4) is 0 Å². The van der Waals surface area contributed by atoms with Gasteiger partial charge in [0.15, 0.2) is 0 Å². The van der Waals surface area contributed by atoms with Crippen molar-refractivity contribution in [2.75, 3.05) is 5.75 Å². The molecule has 0 bridgehead atoms. The summed E-state index contributed by atoms with van der Waals surface area (Å²) in [5.41, 5.74) is 0. The first-order valence-corrected chi connectivity index (χ1v) is 1.79. The topological polar surface area (TPSA) is 0 Å². The zero-order valence-electron chi connectivity index (χ0n) is 3.75. The van der Waals surface area contributed by atoms with Crippen molar-refractivity contribution in [2.24, 2.45) is 0 Å². The Bertz CT molecular complexity index is 42.7. The summed E-state index contributed by atoms with van der Waals surface area (Å²) in [6.07, 6.45) is -4.14. The van der Waals surface area contributed by atoms with Gasteiger partial charge in [0.1, 0.15) is 0 Å². The molecule has 0 unspecified atom stereocenters. The summed E-state index contributed by atoms with van der Waals surface area (Å²) < 4.78 is 32.0. The molecule has 0 heterocycles. The van der Waals surface area contributed by atoms with Crippen molar-refractivity contribution in [2.45, 2.75) is 6.18 Å². The molecule has 0 aliphatic carbocycles. The molecule has 0 saturated carbocycles. The molecule has 0 spiro atoms. The number of hydrogen-bond donors (Lipinski definition) is 0. The van der Waals surface area contributed by atoms with Crippen LogP contribution < -0.4 is 51.4 Å². The Morgan fingerprint density at radius 1 is 1.29 bits per heavy atom. The smallest absolute Gasteiger partial charge is 0.784 e. The first-order valence-electron chi connectivity index (χ1n) is 1.21. The third-order valence-electron chi connectivity index (χ3n) is 0.164. The van der Waals surface area contributed by atoms with Crippen LogP contribution in [0, 0.1) is 0 Å². The Balaban J connectivity index is 0. The van der Waals surface area contributed by atoms with Crippen molar-refractivity contribution >= 4 is 12.6 Å². The molecule has 0 aromatic rings. The van der Waals surface area contributed by atoms with E-state index in [1.54, 1.807) is 0 Å². The van der Waals surface area contributed by atoms with Gasteiger partial charge in [-0.1, -0.05) is 5.75 Å². The second-order valence-corrected chi connectivity index (χ2v) is 1.05. The second kappa shape index (κ2) is 4.64. The van der Waals surface area contributed by atoms with Gasteiger partial charge in [-0.3, -0.25) is 0 Å². The fourth-order valence-electron chi connectivity index (χ4n) is 0. The monoisotopic (exact) mass is 154 g/mol. The maximum atomic E-state index is 10.7. The van der Waals surface area contributed by atoms with Gasteiger partial charge in [0.05, 0.1) is 0 Å².